The Labute approximate surface area is 136 Å². The van der Waals surface area contributed by atoms with Gasteiger partial charge >= 0.3 is 6.03 Å². The van der Waals surface area contributed by atoms with Gasteiger partial charge in [0.1, 0.15) is 12.4 Å². The summed E-state index contributed by atoms with van der Waals surface area (Å²) in [5.74, 6) is 0.814. The molecule has 0 bridgehead atoms. The highest BCUT2D eigenvalue weighted by atomic mass is 16.5. The first-order chi connectivity index (χ1) is 11.3. The first kappa shape index (κ1) is 16.1. The van der Waals surface area contributed by atoms with E-state index in [9.17, 15) is 4.79 Å². The van der Waals surface area contributed by atoms with Gasteiger partial charge in [-0.3, -0.25) is 0 Å². The minimum Gasteiger partial charge on any atom is -0.492 e. The zero-order chi connectivity index (χ0) is 16.0. The SMILES string of the molecule is O=C(NCCOc1ccccc1)N1CCOC2(CCOCC2)C1. The number of morpholine rings is 1. The molecule has 2 aliphatic rings. The summed E-state index contributed by atoms with van der Waals surface area (Å²) < 4.78 is 16.9. The van der Waals surface area contributed by atoms with Crippen molar-refractivity contribution >= 4 is 6.03 Å². The Morgan fingerprint density at radius 3 is 2.78 bits per heavy atom. The van der Waals surface area contributed by atoms with Crippen LogP contribution in [0.5, 0.6) is 5.75 Å². The number of hydrogen-bond acceptors (Lipinski definition) is 4. The first-order valence-corrected chi connectivity index (χ1v) is 8.20. The molecule has 0 atom stereocenters. The Morgan fingerprint density at radius 2 is 2.00 bits per heavy atom. The number of urea groups is 1. The molecule has 2 aliphatic heterocycles. The molecule has 1 aromatic rings. The lowest BCUT2D eigenvalue weighted by Gasteiger charge is -2.44. The third kappa shape index (κ3) is 4.36. The van der Waals surface area contributed by atoms with Crippen molar-refractivity contribution in [1.29, 1.82) is 0 Å². The van der Waals surface area contributed by atoms with Gasteiger partial charge in [0.05, 0.1) is 25.3 Å². The molecule has 0 saturated carbocycles. The number of carbonyl (C=O) groups is 1. The zero-order valence-corrected chi connectivity index (χ0v) is 13.3. The molecule has 6 heteroatoms. The van der Waals surface area contributed by atoms with E-state index in [0.29, 0.717) is 46.1 Å². The van der Waals surface area contributed by atoms with Crippen LogP contribution in [0.1, 0.15) is 12.8 Å². The van der Waals surface area contributed by atoms with Gasteiger partial charge in [-0.1, -0.05) is 18.2 Å². The maximum atomic E-state index is 12.3. The van der Waals surface area contributed by atoms with Crippen LogP contribution >= 0.6 is 0 Å². The van der Waals surface area contributed by atoms with Crippen molar-refractivity contribution < 1.29 is 19.0 Å². The average molecular weight is 320 g/mol. The first-order valence-electron chi connectivity index (χ1n) is 8.20. The molecule has 1 spiro atoms. The highest BCUT2D eigenvalue weighted by molar-refractivity contribution is 5.74. The maximum absolute atomic E-state index is 12.3. The highest BCUT2D eigenvalue weighted by Gasteiger charge is 2.39. The molecule has 3 rings (SSSR count). The van der Waals surface area contributed by atoms with E-state index in [-0.39, 0.29) is 11.6 Å². The van der Waals surface area contributed by atoms with E-state index in [0.717, 1.165) is 18.6 Å². The number of nitrogens with one attached hydrogen (secondary N) is 1. The van der Waals surface area contributed by atoms with Gasteiger partial charge < -0.3 is 24.4 Å². The van der Waals surface area contributed by atoms with Crippen molar-refractivity contribution in [3.05, 3.63) is 30.3 Å². The average Bonchev–Trinajstić information content (AvgIpc) is 2.60. The van der Waals surface area contributed by atoms with Crippen molar-refractivity contribution in [2.24, 2.45) is 0 Å². The Morgan fingerprint density at radius 1 is 1.22 bits per heavy atom. The van der Waals surface area contributed by atoms with Crippen LogP contribution < -0.4 is 10.1 Å². The summed E-state index contributed by atoms with van der Waals surface area (Å²) in [5, 5.41) is 2.92. The summed E-state index contributed by atoms with van der Waals surface area (Å²) in [6.07, 6.45) is 1.71. The standard InChI is InChI=1S/C17H24N2O4/c20-16(18-8-12-22-15-4-2-1-3-5-15)19-9-13-23-17(14-19)6-10-21-11-7-17/h1-5H,6-14H2,(H,18,20). The van der Waals surface area contributed by atoms with Crippen LogP contribution in [0.25, 0.3) is 0 Å². The molecule has 2 saturated heterocycles. The summed E-state index contributed by atoms with van der Waals surface area (Å²) in [5.41, 5.74) is -0.214. The fourth-order valence-electron chi connectivity index (χ4n) is 3.02. The van der Waals surface area contributed by atoms with Gasteiger partial charge in [-0.2, -0.15) is 0 Å². The predicted molar refractivity (Wildman–Crippen MR) is 85.6 cm³/mol. The van der Waals surface area contributed by atoms with Gasteiger partial charge in [0.25, 0.3) is 0 Å². The van der Waals surface area contributed by atoms with Crippen molar-refractivity contribution in [1.82, 2.24) is 10.2 Å². The number of benzene rings is 1. The molecule has 23 heavy (non-hydrogen) atoms. The van der Waals surface area contributed by atoms with Crippen LogP contribution in [0, 0.1) is 0 Å². The van der Waals surface area contributed by atoms with Gasteiger partial charge in [-0.05, 0) is 12.1 Å². The molecule has 2 fully saturated rings. The fourth-order valence-corrected chi connectivity index (χ4v) is 3.02. The summed E-state index contributed by atoms with van der Waals surface area (Å²) in [6, 6.07) is 9.55. The van der Waals surface area contributed by atoms with Crippen LogP contribution in [0.4, 0.5) is 4.79 Å². The van der Waals surface area contributed by atoms with E-state index >= 15 is 0 Å². The summed E-state index contributed by atoms with van der Waals surface area (Å²) in [4.78, 5) is 14.2. The van der Waals surface area contributed by atoms with Gasteiger partial charge in [0, 0.05) is 32.6 Å². The summed E-state index contributed by atoms with van der Waals surface area (Å²) >= 11 is 0. The molecule has 1 N–H and O–H groups in total. The molecule has 2 amide bonds. The molecule has 0 radical (unpaired) electrons. The van der Waals surface area contributed by atoms with E-state index in [1.807, 2.05) is 35.2 Å². The van der Waals surface area contributed by atoms with Crippen LogP contribution in [0.3, 0.4) is 0 Å². The molecule has 6 nitrogen and oxygen atoms in total. The van der Waals surface area contributed by atoms with Gasteiger partial charge in [0.2, 0.25) is 0 Å². The summed E-state index contributed by atoms with van der Waals surface area (Å²) in [7, 11) is 0. The predicted octanol–water partition coefficient (Wildman–Crippen LogP) is 1.66. The third-order valence-electron chi connectivity index (χ3n) is 4.33. The van der Waals surface area contributed by atoms with Crippen LogP contribution in [-0.2, 0) is 9.47 Å². The Balaban J connectivity index is 1.41. The summed E-state index contributed by atoms with van der Waals surface area (Å²) in [6.45, 7) is 4.23. The van der Waals surface area contributed by atoms with Gasteiger partial charge in [-0.25, -0.2) is 4.79 Å². The fraction of sp³-hybridized carbons (Fsp3) is 0.588. The van der Waals surface area contributed by atoms with Gasteiger partial charge in [0.15, 0.2) is 0 Å². The smallest absolute Gasteiger partial charge is 0.317 e. The Hall–Kier alpha value is -1.79. The molecule has 0 aliphatic carbocycles. The van der Waals surface area contributed by atoms with Crippen LogP contribution in [0.15, 0.2) is 30.3 Å². The zero-order valence-electron chi connectivity index (χ0n) is 13.3. The normalized spacial score (nSPS) is 20.3. The topological polar surface area (TPSA) is 60.0 Å². The Bertz CT molecular complexity index is 497. The monoisotopic (exact) mass is 320 g/mol. The van der Waals surface area contributed by atoms with Crippen molar-refractivity contribution in [3.63, 3.8) is 0 Å². The minimum atomic E-state index is -0.214. The molecular weight excluding hydrogens is 296 g/mol. The number of para-hydroxylation sites is 1. The van der Waals surface area contributed by atoms with E-state index in [4.69, 9.17) is 14.2 Å². The molecule has 2 heterocycles. The largest absolute Gasteiger partial charge is 0.492 e. The lowest BCUT2D eigenvalue weighted by molar-refractivity contribution is -0.145. The highest BCUT2D eigenvalue weighted by Crippen LogP contribution is 2.28. The minimum absolute atomic E-state index is 0.0455. The molecule has 126 valence electrons. The van der Waals surface area contributed by atoms with Crippen molar-refractivity contribution in [2.45, 2.75) is 18.4 Å². The molecular formula is C17H24N2O4. The molecule has 0 unspecified atom stereocenters. The quantitative estimate of drug-likeness (QED) is 0.857. The van der Waals surface area contributed by atoms with E-state index in [1.165, 1.54) is 0 Å². The van der Waals surface area contributed by atoms with E-state index < -0.39 is 0 Å². The van der Waals surface area contributed by atoms with Crippen molar-refractivity contribution in [2.75, 3.05) is 46.1 Å². The second-order valence-electron chi connectivity index (χ2n) is 5.96. The van der Waals surface area contributed by atoms with Crippen LogP contribution in [0.2, 0.25) is 0 Å². The van der Waals surface area contributed by atoms with E-state index in [2.05, 4.69) is 5.32 Å². The number of amides is 2. The third-order valence-corrected chi connectivity index (χ3v) is 4.33. The molecule has 0 aromatic heterocycles. The number of rotatable bonds is 4. The van der Waals surface area contributed by atoms with Crippen molar-refractivity contribution in [3.8, 4) is 5.75 Å². The van der Waals surface area contributed by atoms with Gasteiger partial charge in [-0.15, -0.1) is 0 Å². The lowest BCUT2D eigenvalue weighted by Crippen LogP contribution is -2.57. The Kier molecular flexibility index (Phi) is 5.35. The van der Waals surface area contributed by atoms with E-state index in [1.54, 1.807) is 0 Å². The van der Waals surface area contributed by atoms with Crippen LogP contribution in [-0.4, -0.2) is 62.6 Å². The second kappa shape index (κ2) is 7.66. The number of ether oxygens (including phenoxy) is 3. The number of hydrogen-bond donors (Lipinski definition) is 1. The maximum Gasteiger partial charge on any atom is 0.317 e. The lowest BCUT2D eigenvalue weighted by atomic mass is 9.92. The second-order valence-corrected chi connectivity index (χ2v) is 5.96. The number of nitrogens with zero attached hydrogens (tertiary/aromatic N) is 1. The number of carbonyl (C=O) groups excluding carboxylic acids is 1. The molecule has 1 aromatic carbocycles.